The SMILES string of the molecule is CCc1nccc(-c2cc(N(C)CCCN(C)C)cnc2Oc2cc(C(=O)Nc3cccc(C(C)C)c3)ccc2C)n1. The minimum Gasteiger partial charge on any atom is -0.438 e. The van der Waals surface area contributed by atoms with E-state index in [1.54, 1.807) is 12.3 Å². The van der Waals surface area contributed by atoms with Gasteiger partial charge in [-0.15, -0.1) is 0 Å². The van der Waals surface area contributed by atoms with E-state index in [2.05, 4.69) is 67.2 Å². The Balaban J connectivity index is 1.64. The van der Waals surface area contributed by atoms with Gasteiger partial charge in [0.05, 0.1) is 23.1 Å². The van der Waals surface area contributed by atoms with Crippen LogP contribution in [-0.4, -0.2) is 60.0 Å². The van der Waals surface area contributed by atoms with Crippen LogP contribution in [-0.2, 0) is 6.42 Å². The average molecular weight is 567 g/mol. The van der Waals surface area contributed by atoms with E-state index in [1.165, 1.54) is 5.56 Å². The average Bonchev–Trinajstić information content (AvgIpc) is 2.98. The lowest BCUT2D eigenvalue weighted by Gasteiger charge is -2.22. The third-order valence-corrected chi connectivity index (χ3v) is 7.14. The summed E-state index contributed by atoms with van der Waals surface area (Å²) in [7, 11) is 6.23. The van der Waals surface area contributed by atoms with Gasteiger partial charge in [-0.2, -0.15) is 0 Å². The van der Waals surface area contributed by atoms with Crippen molar-refractivity contribution in [3.8, 4) is 22.9 Å². The second-order valence-corrected chi connectivity index (χ2v) is 11.2. The fourth-order valence-electron chi connectivity index (χ4n) is 4.52. The Kier molecular flexibility index (Phi) is 10.3. The van der Waals surface area contributed by atoms with E-state index >= 15 is 0 Å². The van der Waals surface area contributed by atoms with Gasteiger partial charge in [-0.25, -0.2) is 15.0 Å². The van der Waals surface area contributed by atoms with Crippen molar-refractivity contribution in [1.82, 2.24) is 19.9 Å². The molecule has 0 radical (unpaired) electrons. The van der Waals surface area contributed by atoms with Crippen molar-refractivity contribution in [1.29, 1.82) is 0 Å². The van der Waals surface area contributed by atoms with Gasteiger partial charge in [0.2, 0.25) is 5.88 Å². The Morgan fingerprint density at radius 3 is 2.55 bits per heavy atom. The minimum atomic E-state index is -0.202. The highest BCUT2D eigenvalue weighted by atomic mass is 16.5. The lowest BCUT2D eigenvalue weighted by molar-refractivity contribution is 0.102. The first-order valence-electron chi connectivity index (χ1n) is 14.5. The van der Waals surface area contributed by atoms with Gasteiger partial charge in [-0.3, -0.25) is 4.79 Å². The fourth-order valence-corrected chi connectivity index (χ4v) is 4.52. The van der Waals surface area contributed by atoms with E-state index in [9.17, 15) is 4.79 Å². The summed E-state index contributed by atoms with van der Waals surface area (Å²) in [6.45, 7) is 10.1. The zero-order chi connectivity index (χ0) is 30.2. The summed E-state index contributed by atoms with van der Waals surface area (Å²) in [5, 5.41) is 3.02. The van der Waals surface area contributed by atoms with Crippen molar-refractivity contribution < 1.29 is 9.53 Å². The summed E-state index contributed by atoms with van der Waals surface area (Å²) < 4.78 is 6.43. The van der Waals surface area contributed by atoms with Gasteiger partial charge in [-0.1, -0.05) is 39.0 Å². The zero-order valence-corrected chi connectivity index (χ0v) is 25.8. The summed E-state index contributed by atoms with van der Waals surface area (Å²) in [6, 6.07) is 17.3. The maximum absolute atomic E-state index is 13.2. The summed E-state index contributed by atoms with van der Waals surface area (Å²) >= 11 is 0. The van der Waals surface area contributed by atoms with E-state index in [-0.39, 0.29) is 5.91 Å². The molecule has 2 heterocycles. The molecule has 1 amide bonds. The van der Waals surface area contributed by atoms with Crippen molar-refractivity contribution in [3.63, 3.8) is 0 Å². The van der Waals surface area contributed by atoms with Crippen LogP contribution in [0.5, 0.6) is 11.6 Å². The normalized spacial score (nSPS) is 11.2. The maximum Gasteiger partial charge on any atom is 0.255 e. The molecule has 220 valence electrons. The van der Waals surface area contributed by atoms with Crippen LogP contribution in [0.4, 0.5) is 11.4 Å². The van der Waals surface area contributed by atoms with Gasteiger partial charge in [-0.05, 0) is 87.4 Å². The monoisotopic (exact) mass is 566 g/mol. The molecule has 0 saturated carbocycles. The molecule has 1 N–H and O–H groups in total. The van der Waals surface area contributed by atoms with E-state index in [4.69, 9.17) is 14.7 Å². The van der Waals surface area contributed by atoms with Crippen LogP contribution >= 0.6 is 0 Å². The van der Waals surface area contributed by atoms with Crippen LogP contribution in [0.25, 0.3) is 11.3 Å². The summed E-state index contributed by atoms with van der Waals surface area (Å²) in [4.78, 5) is 31.5. The zero-order valence-electron chi connectivity index (χ0n) is 25.8. The Labute approximate surface area is 249 Å². The number of ether oxygens (including phenoxy) is 1. The molecule has 0 aliphatic heterocycles. The van der Waals surface area contributed by atoms with Gasteiger partial charge in [0.1, 0.15) is 11.6 Å². The molecule has 0 aliphatic rings. The number of pyridine rings is 1. The first-order chi connectivity index (χ1) is 20.1. The number of aromatic nitrogens is 3. The molecule has 2 aromatic heterocycles. The van der Waals surface area contributed by atoms with Gasteiger partial charge < -0.3 is 19.9 Å². The smallest absolute Gasteiger partial charge is 0.255 e. The van der Waals surface area contributed by atoms with E-state index in [0.29, 0.717) is 23.1 Å². The number of carbonyl (C=O) groups excluding carboxylic acids is 1. The molecule has 8 heteroatoms. The Hall–Kier alpha value is -4.30. The molecule has 0 atom stereocenters. The Morgan fingerprint density at radius 2 is 1.81 bits per heavy atom. The van der Waals surface area contributed by atoms with Crippen LogP contribution in [0.15, 0.2) is 67.0 Å². The molecular weight excluding hydrogens is 524 g/mol. The van der Waals surface area contributed by atoms with Crippen LogP contribution < -0.4 is 15.0 Å². The number of aryl methyl sites for hydroxylation is 2. The standard InChI is InChI=1S/C34H42N6O2/c1-8-32-35-16-15-30(38-32)29-21-28(40(7)18-10-17-39(5)6)22-36-34(29)42-31-20-26(14-13-24(31)4)33(41)37-27-12-9-11-25(19-27)23(2)3/h9,11-16,19-23H,8,10,17-18H2,1-7H3,(H,37,41). The van der Waals surface area contributed by atoms with Crippen LogP contribution in [0, 0.1) is 6.92 Å². The molecule has 0 bridgehead atoms. The first-order valence-corrected chi connectivity index (χ1v) is 14.5. The highest BCUT2D eigenvalue weighted by molar-refractivity contribution is 6.04. The van der Waals surface area contributed by atoms with Gasteiger partial charge in [0.15, 0.2) is 0 Å². The van der Waals surface area contributed by atoms with E-state index in [1.807, 2.05) is 56.4 Å². The topological polar surface area (TPSA) is 83.5 Å². The Bertz CT molecular complexity index is 1520. The second kappa shape index (κ2) is 14.0. The quantitative estimate of drug-likeness (QED) is 0.198. The number of amides is 1. The molecule has 0 aliphatic carbocycles. The van der Waals surface area contributed by atoms with Gasteiger partial charge in [0.25, 0.3) is 5.91 Å². The van der Waals surface area contributed by atoms with Crippen LogP contribution in [0.1, 0.15) is 60.4 Å². The lowest BCUT2D eigenvalue weighted by Crippen LogP contribution is -2.23. The number of carbonyl (C=O) groups is 1. The summed E-state index contributed by atoms with van der Waals surface area (Å²) in [6.07, 6.45) is 5.34. The molecule has 0 unspecified atom stereocenters. The molecule has 2 aromatic carbocycles. The number of hydrogen-bond acceptors (Lipinski definition) is 7. The highest BCUT2D eigenvalue weighted by Gasteiger charge is 2.17. The van der Waals surface area contributed by atoms with Crippen LogP contribution in [0.2, 0.25) is 0 Å². The largest absolute Gasteiger partial charge is 0.438 e. The number of nitrogens with one attached hydrogen (secondary N) is 1. The highest BCUT2D eigenvalue weighted by Crippen LogP contribution is 2.35. The number of hydrogen-bond donors (Lipinski definition) is 1. The van der Waals surface area contributed by atoms with Crippen molar-refractivity contribution in [2.24, 2.45) is 0 Å². The second-order valence-electron chi connectivity index (χ2n) is 11.2. The number of anilines is 2. The molecule has 8 nitrogen and oxygen atoms in total. The van der Waals surface area contributed by atoms with E-state index < -0.39 is 0 Å². The number of nitrogens with zero attached hydrogens (tertiary/aromatic N) is 5. The van der Waals surface area contributed by atoms with Crippen molar-refractivity contribution in [3.05, 3.63) is 89.5 Å². The molecule has 0 fully saturated rings. The predicted octanol–water partition coefficient (Wildman–Crippen LogP) is 6.97. The fraction of sp³-hybridized carbons (Fsp3) is 0.353. The first kappa shape index (κ1) is 30.7. The molecular formula is C34H42N6O2. The molecule has 0 saturated heterocycles. The van der Waals surface area contributed by atoms with Crippen LogP contribution in [0.3, 0.4) is 0 Å². The lowest BCUT2D eigenvalue weighted by atomic mass is 10.0. The minimum absolute atomic E-state index is 0.202. The molecule has 4 rings (SSSR count). The summed E-state index contributed by atoms with van der Waals surface area (Å²) in [5.74, 6) is 1.90. The molecule has 0 spiro atoms. The van der Waals surface area contributed by atoms with Crippen molar-refractivity contribution in [2.75, 3.05) is 44.4 Å². The Morgan fingerprint density at radius 1 is 1.00 bits per heavy atom. The molecule has 42 heavy (non-hydrogen) atoms. The van der Waals surface area contributed by atoms with Crippen molar-refractivity contribution >= 4 is 17.3 Å². The summed E-state index contributed by atoms with van der Waals surface area (Å²) in [5.41, 5.74) is 5.80. The predicted molar refractivity (Wildman–Crippen MR) is 171 cm³/mol. The number of benzene rings is 2. The van der Waals surface area contributed by atoms with E-state index in [0.717, 1.165) is 60.0 Å². The maximum atomic E-state index is 13.2. The number of rotatable bonds is 12. The molecule has 4 aromatic rings. The van der Waals surface area contributed by atoms with Crippen molar-refractivity contribution in [2.45, 2.75) is 46.5 Å². The third kappa shape index (κ3) is 7.91. The van der Waals surface area contributed by atoms with Gasteiger partial charge in [0, 0.05) is 37.5 Å². The van der Waals surface area contributed by atoms with Gasteiger partial charge >= 0.3 is 0 Å². The third-order valence-electron chi connectivity index (χ3n) is 7.14.